The number of nitro groups is 1. The summed E-state index contributed by atoms with van der Waals surface area (Å²) in [5.41, 5.74) is 0.949. The number of aromatic nitrogens is 1. The third-order valence-corrected chi connectivity index (χ3v) is 2.55. The van der Waals surface area contributed by atoms with Crippen molar-refractivity contribution in [2.75, 3.05) is 0 Å². The highest BCUT2D eigenvalue weighted by Crippen LogP contribution is 2.30. The molecule has 1 heterocycles. The number of hydrogen-bond acceptors (Lipinski definition) is 3. The van der Waals surface area contributed by atoms with E-state index in [9.17, 15) is 10.1 Å². The highest BCUT2D eigenvalue weighted by molar-refractivity contribution is 6.35. The van der Waals surface area contributed by atoms with Crippen LogP contribution >= 0.6 is 11.6 Å². The summed E-state index contributed by atoms with van der Waals surface area (Å²) in [6.45, 7) is 1.68. The average molecular weight is 223 g/mol. The van der Waals surface area contributed by atoms with Gasteiger partial charge in [-0.2, -0.15) is 0 Å². The molecule has 0 radical (unpaired) electrons. The summed E-state index contributed by atoms with van der Waals surface area (Å²) < 4.78 is 0. The minimum atomic E-state index is -0.430. The van der Waals surface area contributed by atoms with Gasteiger partial charge >= 0.3 is 0 Å². The van der Waals surface area contributed by atoms with Gasteiger partial charge in [0, 0.05) is 17.1 Å². The summed E-state index contributed by atoms with van der Waals surface area (Å²) in [7, 11) is 0. The second-order valence-corrected chi connectivity index (χ2v) is 3.58. The molecule has 15 heavy (non-hydrogen) atoms. The molecule has 0 aliphatic carbocycles. The molecule has 0 aliphatic rings. The second-order valence-electron chi connectivity index (χ2n) is 3.18. The Morgan fingerprint density at radius 3 is 2.80 bits per heavy atom. The summed E-state index contributed by atoms with van der Waals surface area (Å²) in [5.74, 6) is 0. The fourth-order valence-electron chi connectivity index (χ4n) is 1.50. The van der Waals surface area contributed by atoms with E-state index in [1.54, 1.807) is 25.1 Å². The van der Waals surface area contributed by atoms with Crippen LogP contribution in [0.2, 0.25) is 5.02 Å². The van der Waals surface area contributed by atoms with Gasteiger partial charge in [0.15, 0.2) is 0 Å². The van der Waals surface area contributed by atoms with Crippen molar-refractivity contribution in [3.8, 4) is 0 Å². The lowest BCUT2D eigenvalue weighted by atomic mass is 10.1. The maximum absolute atomic E-state index is 10.9. The normalized spacial score (nSPS) is 10.5. The highest BCUT2D eigenvalue weighted by Gasteiger charge is 2.17. The fraction of sp³-hybridized carbons (Fsp3) is 0.100. The molecule has 2 rings (SSSR count). The molecule has 0 saturated carbocycles. The Kier molecular flexibility index (Phi) is 2.28. The van der Waals surface area contributed by atoms with Gasteiger partial charge in [0.05, 0.1) is 9.95 Å². The Morgan fingerprint density at radius 2 is 2.13 bits per heavy atom. The number of halogens is 1. The number of hydrogen-bond donors (Lipinski definition) is 0. The Labute approximate surface area is 90.7 Å². The number of pyridine rings is 1. The minimum Gasteiger partial charge on any atom is -0.258 e. The monoisotopic (exact) mass is 222 g/mol. The highest BCUT2D eigenvalue weighted by atomic mass is 35.5. The predicted octanol–water partition coefficient (Wildman–Crippen LogP) is 3.10. The van der Waals surface area contributed by atoms with Gasteiger partial charge in [-0.05, 0) is 13.0 Å². The van der Waals surface area contributed by atoms with Crippen LogP contribution in [0.15, 0.2) is 24.4 Å². The number of rotatable bonds is 1. The number of benzene rings is 1. The molecule has 2 aromatic rings. The first kappa shape index (κ1) is 9.86. The van der Waals surface area contributed by atoms with E-state index in [4.69, 9.17) is 11.6 Å². The van der Waals surface area contributed by atoms with E-state index >= 15 is 0 Å². The first-order chi connectivity index (χ1) is 7.11. The number of nitrogens with zero attached hydrogens (tertiary/aromatic N) is 2. The Hall–Kier alpha value is -1.68. The van der Waals surface area contributed by atoms with E-state index in [0.29, 0.717) is 21.5 Å². The van der Waals surface area contributed by atoms with E-state index < -0.39 is 4.92 Å². The van der Waals surface area contributed by atoms with Crippen LogP contribution in [0.3, 0.4) is 0 Å². The molecule has 0 bridgehead atoms. The molecule has 0 fully saturated rings. The Morgan fingerprint density at radius 1 is 1.40 bits per heavy atom. The van der Waals surface area contributed by atoms with Crippen LogP contribution in [0.1, 0.15) is 5.56 Å². The first-order valence-corrected chi connectivity index (χ1v) is 4.67. The van der Waals surface area contributed by atoms with Crippen molar-refractivity contribution >= 4 is 28.2 Å². The molecular weight excluding hydrogens is 216 g/mol. The van der Waals surface area contributed by atoms with Gasteiger partial charge in [-0.1, -0.05) is 23.7 Å². The quantitative estimate of drug-likeness (QED) is 0.550. The van der Waals surface area contributed by atoms with E-state index in [-0.39, 0.29) is 5.69 Å². The largest absolute Gasteiger partial charge is 0.298 e. The third-order valence-electron chi connectivity index (χ3n) is 2.22. The van der Waals surface area contributed by atoms with Crippen LogP contribution in [0.25, 0.3) is 10.9 Å². The van der Waals surface area contributed by atoms with Gasteiger partial charge in [0.1, 0.15) is 5.52 Å². The van der Waals surface area contributed by atoms with Gasteiger partial charge in [0.25, 0.3) is 5.69 Å². The smallest absolute Gasteiger partial charge is 0.258 e. The van der Waals surface area contributed by atoms with E-state index in [1.165, 1.54) is 6.20 Å². The minimum absolute atomic E-state index is 0.0231. The summed E-state index contributed by atoms with van der Waals surface area (Å²) in [6.07, 6.45) is 1.47. The zero-order chi connectivity index (χ0) is 11.0. The number of aryl methyl sites for hydroxylation is 1. The zero-order valence-corrected chi connectivity index (χ0v) is 8.65. The van der Waals surface area contributed by atoms with Crippen molar-refractivity contribution in [1.82, 2.24) is 4.98 Å². The molecule has 1 aromatic carbocycles. The van der Waals surface area contributed by atoms with Gasteiger partial charge in [-0.3, -0.25) is 10.1 Å². The van der Waals surface area contributed by atoms with Crippen LogP contribution in [-0.2, 0) is 0 Å². The molecule has 0 saturated heterocycles. The number of nitro benzene ring substituents is 1. The van der Waals surface area contributed by atoms with Crippen molar-refractivity contribution in [2.24, 2.45) is 0 Å². The summed E-state index contributed by atoms with van der Waals surface area (Å²) in [6, 6.07) is 5.03. The van der Waals surface area contributed by atoms with Crippen molar-refractivity contribution in [3.05, 3.63) is 45.1 Å². The maximum atomic E-state index is 10.9. The van der Waals surface area contributed by atoms with E-state index in [2.05, 4.69) is 4.98 Å². The van der Waals surface area contributed by atoms with Crippen LogP contribution in [0, 0.1) is 17.0 Å². The lowest BCUT2D eigenvalue weighted by Gasteiger charge is -2.02. The summed E-state index contributed by atoms with van der Waals surface area (Å²) >= 11 is 5.92. The van der Waals surface area contributed by atoms with Crippen LogP contribution < -0.4 is 0 Å². The molecule has 0 amide bonds. The summed E-state index contributed by atoms with van der Waals surface area (Å²) in [4.78, 5) is 14.4. The molecule has 4 nitrogen and oxygen atoms in total. The Bertz CT molecular complexity index is 554. The Balaban J connectivity index is 2.94. The second kappa shape index (κ2) is 3.47. The lowest BCUT2D eigenvalue weighted by Crippen LogP contribution is -1.94. The molecule has 0 N–H and O–H groups in total. The molecule has 0 unspecified atom stereocenters. The van der Waals surface area contributed by atoms with Gasteiger partial charge in [0.2, 0.25) is 0 Å². The molecule has 0 spiro atoms. The predicted molar refractivity (Wildman–Crippen MR) is 58.1 cm³/mol. The molecule has 0 aliphatic heterocycles. The fourth-order valence-corrected chi connectivity index (χ4v) is 1.71. The topological polar surface area (TPSA) is 56.0 Å². The number of fused-ring (bicyclic) bond motifs is 1. The van der Waals surface area contributed by atoms with E-state index in [0.717, 1.165) is 0 Å². The van der Waals surface area contributed by atoms with Crippen molar-refractivity contribution in [1.29, 1.82) is 0 Å². The SMILES string of the molecule is Cc1ccc2c(Cl)ccnc2c1[N+](=O)[O-]. The van der Waals surface area contributed by atoms with E-state index in [1.807, 2.05) is 0 Å². The molecular formula is C10H7ClN2O2. The van der Waals surface area contributed by atoms with Gasteiger partial charge in [-0.25, -0.2) is 4.98 Å². The molecule has 0 atom stereocenters. The van der Waals surface area contributed by atoms with Crippen LogP contribution in [-0.4, -0.2) is 9.91 Å². The van der Waals surface area contributed by atoms with Crippen LogP contribution in [0.5, 0.6) is 0 Å². The third kappa shape index (κ3) is 1.53. The lowest BCUT2D eigenvalue weighted by molar-refractivity contribution is -0.383. The zero-order valence-electron chi connectivity index (χ0n) is 7.90. The standard InChI is InChI=1S/C10H7ClN2O2/c1-6-2-3-7-8(11)4-5-12-9(7)10(6)13(14)15/h2-5H,1H3. The average Bonchev–Trinajstić information content (AvgIpc) is 2.17. The maximum Gasteiger partial charge on any atom is 0.298 e. The molecule has 5 heteroatoms. The van der Waals surface area contributed by atoms with Crippen molar-refractivity contribution in [2.45, 2.75) is 6.92 Å². The van der Waals surface area contributed by atoms with Gasteiger partial charge in [-0.15, -0.1) is 0 Å². The van der Waals surface area contributed by atoms with Crippen molar-refractivity contribution in [3.63, 3.8) is 0 Å². The van der Waals surface area contributed by atoms with Crippen molar-refractivity contribution < 1.29 is 4.92 Å². The van der Waals surface area contributed by atoms with Gasteiger partial charge < -0.3 is 0 Å². The molecule has 1 aromatic heterocycles. The summed E-state index contributed by atoms with van der Waals surface area (Å²) in [5, 5.41) is 12.0. The van der Waals surface area contributed by atoms with Crippen LogP contribution in [0.4, 0.5) is 5.69 Å². The molecule has 76 valence electrons. The first-order valence-electron chi connectivity index (χ1n) is 4.29.